The van der Waals surface area contributed by atoms with Gasteiger partial charge in [-0.05, 0) is 79.4 Å². The molecule has 0 aliphatic heterocycles. The van der Waals surface area contributed by atoms with E-state index in [-0.39, 0.29) is 11.5 Å². The lowest BCUT2D eigenvalue weighted by molar-refractivity contribution is -0.105. The first-order valence-electron chi connectivity index (χ1n) is 9.31. The maximum atomic E-state index is 11.4. The molecule has 3 heteroatoms. The third-order valence-electron chi connectivity index (χ3n) is 8.10. The number of aliphatic hydroxyl groups excluding tert-OH is 1. The number of nitrogens with one attached hydrogen (secondary N) is 1. The molecule has 0 aromatic carbocycles. The average molecular weight is 315 g/mol. The molecule has 0 bridgehead atoms. The molecule has 4 rings (SSSR count). The van der Waals surface area contributed by atoms with Crippen LogP contribution in [0.4, 0.5) is 0 Å². The second kappa shape index (κ2) is 5.02. The second-order valence-electron chi connectivity index (χ2n) is 9.20. The molecular formula is C20H29NO2. The summed E-state index contributed by atoms with van der Waals surface area (Å²) in [4.78, 5) is 11.4. The fraction of sp³-hybridized carbons (Fsp3) is 0.800. The fourth-order valence-corrected chi connectivity index (χ4v) is 6.93. The Bertz CT molecular complexity index is 582. The van der Waals surface area contributed by atoms with E-state index in [1.54, 1.807) is 0 Å². The Labute approximate surface area is 139 Å². The van der Waals surface area contributed by atoms with E-state index >= 15 is 0 Å². The van der Waals surface area contributed by atoms with Crippen molar-refractivity contribution in [2.75, 3.05) is 0 Å². The van der Waals surface area contributed by atoms with Crippen molar-refractivity contribution in [3.05, 3.63) is 11.6 Å². The summed E-state index contributed by atoms with van der Waals surface area (Å²) in [6.07, 6.45) is 10.5. The number of allylic oxidation sites excluding steroid dienone is 2. The Balaban J connectivity index is 1.71. The molecule has 0 amide bonds. The SMILES string of the molecule is C[C@]12CC[C@@H]3[C@@H](CCC4CC(=N)C(C=O)=C[C@@]43C)[C@@H]1CC(O)C2. The molecule has 0 spiro atoms. The first-order valence-corrected chi connectivity index (χ1v) is 9.31. The molecule has 3 nitrogen and oxygen atoms in total. The molecule has 2 N–H and O–H groups in total. The van der Waals surface area contributed by atoms with Gasteiger partial charge in [0, 0.05) is 11.3 Å². The quantitative estimate of drug-likeness (QED) is 0.724. The first-order chi connectivity index (χ1) is 10.9. The van der Waals surface area contributed by atoms with Crippen LogP contribution in [-0.2, 0) is 4.79 Å². The van der Waals surface area contributed by atoms with Gasteiger partial charge in [-0.1, -0.05) is 19.9 Å². The Hall–Kier alpha value is -0.960. The van der Waals surface area contributed by atoms with E-state index in [9.17, 15) is 9.90 Å². The molecule has 3 fully saturated rings. The lowest BCUT2D eigenvalue weighted by Gasteiger charge is -2.58. The van der Waals surface area contributed by atoms with Gasteiger partial charge in [-0.25, -0.2) is 0 Å². The first kappa shape index (κ1) is 15.6. The summed E-state index contributed by atoms with van der Waals surface area (Å²) in [7, 11) is 0. The Morgan fingerprint density at radius 1 is 1.26 bits per heavy atom. The standard InChI is InChI=1S/C20H29NO2/c1-19-6-5-16-15(17(19)8-14(23)10-19)4-3-13-7-18(21)12(11-22)9-20(13,16)2/h9,11,13-17,21,23H,3-8,10H2,1-2H3/t13?,14?,15-,16-,17+,19-,20+/m1/s1. The summed E-state index contributed by atoms with van der Waals surface area (Å²) in [6.45, 7) is 4.74. The van der Waals surface area contributed by atoms with Gasteiger partial charge in [0.05, 0.1) is 6.10 Å². The molecule has 4 aliphatic rings. The number of hydrogen-bond donors (Lipinski definition) is 2. The number of carbonyl (C=O) groups excluding carboxylic acids is 1. The van der Waals surface area contributed by atoms with Crippen LogP contribution in [0.2, 0.25) is 0 Å². The number of hydrogen-bond acceptors (Lipinski definition) is 3. The maximum Gasteiger partial charge on any atom is 0.151 e. The van der Waals surface area contributed by atoms with Crippen LogP contribution in [-0.4, -0.2) is 23.2 Å². The van der Waals surface area contributed by atoms with E-state index in [4.69, 9.17) is 5.41 Å². The van der Waals surface area contributed by atoms with Gasteiger partial charge in [0.25, 0.3) is 0 Å². The highest BCUT2D eigenvalue weighted by atomic mass is 16.3. The molecule has 126 valence electrons. The summed E-state index contributed by atoms with van der Waals surface area (Å²) >= 11 is 0. The minimum atomic E-state index is -0.116. The third kappa shape index (κ3) is 2.12. The normalized spacial score (nSPS) is 52.2. The topological polar surface area (TPSA) is 61.2 Å². The summed E-state index contributed by atoms with van der Waals surface area (Å²) in [5.74, 6) is 2.47. The number of fused-ring (bicyclic) bond motifs is 5. The number of rotatable bonds is 1. The predicted octanol–water partition coefficient (Wildman–Crippen LogP) is 3.75. The van der Waals surface area contributed by atoms with Crippen molar-refractivity contribution in [2.24, 2.45) is 34.5 Å². The summed E-state index contributed by atoms with van der Waals surface area (Å²) in [5.41, 5.74) is 1.56. The highest BCUT2D eigenvalue weighted by Gasteiger charge is 2.58. The predicted molar refractivity (Wildman–Crippen MR) is 90.4 cm³/mol. The molecule has 0 aromatic rings. The van der Waals surface area contributed by atoms with Crippen LogP contribution >= 0.6 is 0 Å². The van der Waals surface area contributed by atoms with Crippen molar-refractivity contribution < 1.29 is 9.90 Å². The van der Waals surface area contributed by atoms with Gasteiger partial charge in [-0.3, -0.25) is 4.79 Å². The highest BCUT2D eigenvalue weighted by molar-refractivity contribution is 6.14. The maximum absolute atomic E-state index is 11.4. The lowest BCUT2D eigenvalue weighted by atomic mass is 9.46. The molecule has 0 saturated heterocycles. The van der Waals surface area contributed by atoms with Gasteiger partial charge >= 0.3 is 0 Å². The smallest absolute Gasteiger partial charge is 0.151 e. The van der Waals surface area contributed by atoms with Crippen LogP contribution in [0, 0.1) is 39.9 Å². The van der Waals surface area contributed by atoms with Crippen molar-refractivity contribution in [1.82, 2.24) is 0 Å². The molecule has 7 atom stereocenters. The molecule has 0 aromatic heterocycles. The van der Waals surface area contributed by atoms with Crippen molar-refractivity contribution in [3.63, 3.8) is 0 Å². The molecule has 0 heterocycles. The van der Waals surface area contributed by atoms with Gasteiger partial charge in [-0.2, -0.15) is 0 Å². The van der Waals surface area contributed by atoms with Crippen LogP contribution in [0.1, 0.15) is 58.8 Å². The van der Waals surface area contributed by atoms with Gasteiger partial charge < -0.3 is 10.5 Å². The van der Waals surface area contributed by atoms with E-state index < -0.39 is 0 Å². The zero-order valence-electron chi connectivity index (χ0n) is 14.3. The van der Waals surface area contributed by atoms with Crippen LogP contribution in [0.25, 0.3) is 0 Å². The fourth-order valence-electron chi connectivity index (χ4n) is 6.93. The largest absolute Gasteiger partial charge is 0.393 e. The summed E-state index contributed by atoms with van der Waals surface area (Å²) < 4.78 is 0. The lowest BCUT2D eigenvalue weighted by Crippen LogP contribution is -2.51. The molecule has 2 unspecified atom stereocenters. The third-order valence-corrected chi connectivity index (χ3v) is 8.10. The monoisotopic (exact) mass is 315 g/mol. The van der Waals surface area contributed by atoms with Crippen molar-refractivity contribution in [3.8, 4) is 0 Å². The van der Waals surface area contributed by atoms with Crippen molar-refractivity contribution in [2.45, 2.75) is 64.9 Å². The van der Waals surface area contributed by atoms with E-state index in [0.717, 1.165) is 25.5 Å². The number of aldehydes is 1. The minimum absolute atomic E-state index is 0.0680. The van der Waals surface area contributed by atoms with Crippen LogP contribution < -0.4 is 0 Å². The molecule has 4 aliphatic carbocycles. The van der Waals surface area contributed by atoms with Gasteiger partial charge in [0.15, 0.2) is 6.29 Å². The zero-order valence-corrected chi connectivity index (χ0v) is 14.3. The summed E-state index contributed by atoms with van der Waals surface area (Å²) in [5, 5.41) is 18.4. The highest BCUT2D eigenvalue weighted by Crippen LogP contribution is 2.65. The van der Waals surface area contributed by atoms with Crippen LogP contribution in [0.15, 0.2) is 11.6 Å². The second-order valence-corrected chi connectivity index (χ2v) is 9.20. The van der Waals surface area contributed by atoms with E-state index in [0.29, 0.717) is 40.4 Å². The van der Waals surface area contributed by atoms with Gasteiger partial charge in [-0.15, -0.1) is 0 Å². The molecule has 3 saturated carbocycles. The average Bonchev–Trinajstić information content (AvgIpc) is 2.81. The van der Waals surface area contributed by atoms with E-state index in [2.05, 4.69) is 19.9 Å². The Morgan fingerprint density at radius 3 is 2.78 bits per heavy atom. The van der Waals surface area contributed by atoms with E-state index in [1.165, 1.54) is 25.7 Å². The van der Waals surface area contributed by atoms with Gasteiger partial charge in [0.1, 0.15) is 0 Å². The molecular weight excluding hydrogens is 286 g/mol. The van der Waals surface area contributed by atoms with Crippen LogP contribution in [0.3, 0.4) is 0 Å². The van der Waals surface area contributed by atoms with Crippen molar-refractivity contribution >= 4 is 12.0 Å². The van der Waals surface area contributed by atoms with Crippen molar-refractivity contribution in [1.29, 1.82) is 5.41 Å². The van der Waals surface area contributed by atoms with Crippen LogP contribution in [0.5, 0.6) is 0 Å². The number of carbonyl (C=O) groups is 1. The summed E-state index contributed by atoms with van der Waals surface area (Å²) in [6, 6.07) is 0. The minimum Gasteiger partial charge on any atom is -0.393 e. The molecule has 23 heavy (non-hydrogen) atoms. The molecule has 0 radical (unpaired) electrons. The zero-order chi connectivity index (χ0) is 16.4. The van der Waals surface area contributed by atoms with E-state index in [1.807, 2.05) is 0 Å². The number of aliphatic hydroxyl groups is 1. The van der Waals surface area contributed by atoms with Gasteiger partial charge in [0.2, 0.25) is 0 Å². The Morgan fingerprint density at radius 2 is 2.04 bits per heavy atom. The Kier molecular flexibility index (Phi) is 3.39.